The number of halogens is 2. The number of carbonyl (C=O) groups excluding carboxylic acids is 1. The average molecular weight is 397 g/mol. The van der Waals surface area contributed by atoms with Gasteiger partial charge in [-0.15, -0.1) is 0 Å². The minimum atomic E-state index is -2.56. The van der Waals surface area contributed by atoms with Crippen LogP contribution in [-0.2, 0) is 11.3 Å². The quantitative estimate of drug-likeness (QED) is 0.422. The molecule has 4 nitrogen and oxygen atoms in total. The van der Waals surface area contributed by atoms with E-state index in [0.717, 1.165) is 16.5 Å². The molecule has 0 aliphatic heterocycles. The number of hydrogen-bond acceptors (Lipinski definition) is 3. The summed E-state index contributed by atoms with van der Waals surface area (Å²) in [6.07, 6.45) is 5.34. The second-order valence-corrected chi connectivity index (χ2v) is 6.93. The first-order valence-corrected chi connectivity index (χ1v) is 9.44. The maximum atomic E-state index is 12.7. The minimum Gasteiger partial charge on any atom is -0.346 e. The number of para-hydroxylation sites is 2. The number of thioether (sulfide) groups is 1. The van der Waals surface area contributed by atoms with Gasteiger partial charge in [0, 0.05) is 40.2 Å². The Hall–Kier alpha value is -3.11. The Balaban J connectivity index is 1.79. The predicted octanol–water partition coefficient (Wildman–Crippen LogP) is 5.52. The molecular weight excluding hydrogens is 380 g/mol. The number of aromatic nitrogens is 1. The van der Waals surface area contributed by atoms with Crippen molar-refractivity contribution in [1.82, 2.24) is 4.57 Å². The molecule has 28 heavy (non-hydrogen) atoms. The van der Waals surface area contributed by atoms with Gasteiger partial charge in [0.05, 0.1) is 18.2 Å². The Labute approximate surface area is 165 Å². The maximum Gasteiger partial charge on any atom is 0.288 e. The number of anilines is 1. The molecule has 1 heterocycles. The molecule has 2 aromatic carbocycles. The number of nitriles is 1. The van der Waals surface area contributed by atoms with Crippen LogP contribution in [0.5, 0.6) is 0 Å². The third-order valence-electron chi connectivity index (χ3n) is 4.06. The molecule has 1 amide bonds. The minimum absolute atomic E-state index is 0.312. The van der Waals surface area contributed by atoms with E-state index in [9.17, 15) is 13.6 Å². The molecule has 0 saturated heterocycles. The molecular formula is C21H17F2N3OS. The van der Waals surface area contributed by atoms with Gasteiger partial charge in [0.2, 0.25) is 5.91 Å². The molecule has 0 fully saturated rings. The lowest BCUT2D eigenvalue weighted by molar-refractivity contribution is -0.111. The lowest BCUT2D eigenvalue weighted by Gasteiger charge is -2.08. The van der Waals surface area contributed by atoms with Gasteiger partial charge in [-0.25, -0.2) is 0 Å². The van der Waals surface area contributed by atoms with Crippen molar-refractivity contribution in [1.29, 1.82) is 5.26 Å². The van der Waals surface area contributed by atoms with Gasteiger partial charge < -0.3 is 9.88 Å². The number of aryl methyl sites for hydroxylation is 1. The van der Waals surface area contributed by atoms with Crippen molar-refractivity contribution in [3.8, 4) is 6.07 Å². The molecule has 7 heteroatoms. The first kappa shape index (κ1) is 19.6. The highest BCUT2D eigenvalue weighted by Crippen LogP contribution is 2.31. The van der Waals surface area contributed by atoms with Crippen LogP contribution in [0.3, 0.4) is 0 Å². The number of nitrogens with one attached hydrogen (secondary N) is 1. The van der Waals surface area contributed by atoms with Gasteiger partial charge in [0.25, 0.3) is 5.76 Å². The van der Waals surface area contributed by atoms with Crippen molar-refractivity contribution in [3.63, 3.8) is 0 Å². The van der Waals surface area contributed by atoms with Crippen molar-refractivity contribution >= 4 is 40.3 Å². The Kier molecular flexibility index (Phi) is 6.45. The molecule has 1 aromatic heterocycles. The summed E-state index contributed by atoms with van der Waals surface area (Å²) in [4.78, 5) is 12.6. The Bertz CT molecular complexity index is 1050. The largest absolute Gasteiger partial charge is 0.346 e. The lowest BCUT2D eigenvalue weighted by atomic mass is 10.1. The highest BCUT2D eigenvalue weighted by Gasteiger charge is 2.11. The van der Waals surface area contributed by atoms with Gasteiger partial charge in [0.15, 0.2) is 0 Å². The summed E-state index contributed by atoms with van der Waals surface area (Å²) in [5, 5.41) is 12.4. The maximum absolute atomic E-state index is 12.7. The smallest absolute Gasteiger partial charge is 0.288 e. The van der Waals surface area contributed by atoms with E-state index in [1.165, 1.54) is 6.08 Å². The molecule has 0 saturated carbocycles. The van der Waals surface area contributed by atoms with Crippen molar-refractivity contribution in [2.24, 2.45) is 0 Å². The van der Waals surface area contributed by atoms with E-state index < -0.39 is 11.7 Å². The van der Waals surface area contributed by atoms with Gasteiger partial charge in [-0.05, 0) is 24.3 Å². The molecule has 142 valence electrons. The summed E-state index contributed by atoms with van der Waals surface area (Å²) in [5.41, 5.74) is 2.18. The molecule has 0 atom stereocenters. The number of alkyl halides is 2. The second-order valence-electron chi connectivity index (χ2n) is 5.90. The van der Waals surface area contributed by atoms with E-state index in [4.69, 9.17) is 5.26 Å². The van der Waals surface area contributed by atoms with Crippen LogP contribution in [0.15, 0.2) is 65.7 Å². The Morgan fingerprint density at radius 3 is 2.75 bits per heavy atom. The first-order valence-electron chi connectivity index (χ1n) is 8.56. The zero-order chi connectivity index (χ0) is 19.9. The van der Waals surface area contributed by atoms with Gasteiger partial charge in [-0.2, -0.15) is 14.0 Å². The summed E-state index contributed by atoms with van der Waals surface area (Å²) >= 11 is 0.392. The average Bonchev–Trinajstić information content (AvgIpc) is 3.04. The zero-order valence-electron chi connectivity index (χ0n) is 14.8. The summed E-state index contributed by atoms with van der Waals surface area (Å²) in [5.74, 6) is -2.97. The van der Waals surface area contributed by atoms with Crippen LogP contribution in [0.2, 0.25) is 0 Å². The third-order valence-corrected chi connectivity index (χ3v) is 4.85. The number of fused-ring (bicyclic) bond motifs is 1. The standard InChI is InChI=1S/C21H17F2N3OS/c22-21(23)28-19-9-4-2-7-17(19)25-20(27)11-10-15-14-26(13-5-12-24)18-8-3-1-6-16(15)18/h1-4,6-11,14,21H,5,13H2,(H,25,27)/b11-10+. The van der Waals surface area contributed by atoms with Crippen molar-refractivity contribution in [2.45, 2.75) is 23.6 Å². The van der Waals surface area contributed by atoms with Crippen molar-refractivity contribution in [2.75, 3.05) is 5.32 Å². The summed E-state index contributed by atoms with van der Waals surface area (Å²) in [7, 11) is 0. The SMILES string of the molecule is N#CCCn1cc(/C=C/C(=O)Nc2ccccc2SC(F)F)c2ccccc21. The van der Waals surface area contributed by atoms with Crippen molar-refractivity contribution in [3.05, 3.63) is 66.4 Å². The third kappa shape index (κ3) is 4.78. The molecule has 0 unspecified atom stereocenters. The van der Waals surface area contributed by atoms with Gasteiger partial charge >= 0.3 is 0 Å². The van der Waals surface area contributed by atoms with Crippen LogP contribution in [-0.4, -0.2) is 16.2 Å². The molecule has 0 aliphatic carbocycles. The second kappa shape index (κ2) is 9.20. The van der Waals surface area contributed by atoms with E-state index in [1.54, 1.807) is 30.3 Å². The number of benzene rings is 2. The van der Waals surface area contributed by atoms with Crippen LogP contribution < -0.4 is 5.32 Å². The molecule has 0 aliphatic rings. The Morgan fingerprint density at radius 2 is 1.96 bits per heavy atom. The van der Waals surface area contributed by atoms with Crippen LogP contribution in [0.4, 0.5) is 14.5 Å². The number of hydrogen-bond donors (Lipinski definition) is 1. The van der Waals surface area contributed by atoms with E-state index >= 15 is 0 Å². The predicted molar refractivity (Wildman–Crippen MR) is 108 cm³/mol. The van der Waals surface area contributed by atoms with Crippen LogP contribution in [0, 0.1) is 11.3 Å². The molecule has 0 spiro atoms. The fourth-order valence-electron chi connectivity index (χ4n) is 2.87. The number of amides is 1. The van der Waals surface area contributed by atoms with Gasteiger partial charge in [0.1, 0.15) is 0 Å². The first-order chi connectivity index (χ1) is 13.6. The van der Waals surface area contributed by atoms with Gasteiger partial charge in [-0.3, -0.25) is 4.79 Å². The Morgan fingerprint density at radius 1 is 1.21 bits per heavy atom. The van der Waals surface area contributed by atoms with E-state index in [2.05, 4.69) is 11.4 Å². The highest BCUT2D eigenvalue weighted by molar-refractivity contribution is 7.99. The summed E-state index contributed by atoms with van der Waals surface area (Å²) in [6, 6.07) is 16.3. The lowest BCUT2D eigenvalue weighted by Crippen LogP contribution is -2.08. The molecule has 0 bridgehead atoms. The van der Waals surface area contributed by atoms with Crippen LogP contribution in [0.1, 0.15) is 12.0 Å². The van der Waals surface area contributed by atoms with Crippen LogP contribution >= 0.6 is 11.8 Å². The fraction of sp³-hybridized carbons (Fsp3) is 0.143. The molecule has 3 rings (SSSR count). The molecule has 0 radical (unpaired) electrons. The topological polar surface area (TPSA) is 57.8 Å². The molecule has 1 N–H and O–H groups in total. The summed E-state index contributed by atoms with van der Waals surface area (Å²) in [6.45, 7) is 0.565. The molecule has 3 aromatic rings. The van der Waals surface area contributed by atoms with Crippen LogP contribution in [0.25, 0.3) is 17.0 Å². The van der Waals surface area contributed by atoms with Crippen molar-refractivity contribution < 1.29 is 13.6 Å². The normalized spacial score (nSPS) is 11.2. The van der Waals surface area contributed by atoms with E-state index in [1.807, 2.05) is 35.0 Å². The van der Waals surface area contributed by atoms with Gasteiger partial charge in [-0.1, -0.05) is 42.1 Å². The number of carbonyl (C=O) groups is 1. The number of nitrogens with zero attached hydrogens (tertiary/aromatic N) is 2. The highest BCUT2D eigenvalue weighted by atomic mass is 32.2. The van der Waals surface area contributed by atoms with E-state index in [0.29, 0.717) is 35.3 Å². The number of rotatable bonds is 7. The summed E-state index contributed by atoms with van der Waals surface area (Å²) < 4.78 is 27.3. The monoisotopic (exact) mass is 397 g/mol. The fourth-order valence-corrected chi connectivity index (χ4v) is 3.47. The zero-order valence-corrected chi connectivity index (χ0v) is 15.6. The van der Waals surface area contributed by atoms with E-state index in [-0.39, 0.29) is 0 Å².